The predicted molar refractivity (Wildman–Crippen MR) is 459 cm³/mol. The van der Waals surface area contributed by atoms with Gasteiger partial charge in [-0.15, -0.1) is 32.1 Å². The summed E-state index contributed by atoms with van der Waals surface area (Å²) < 4.78 is 0. The molecule has 584 valence electrons. The van der Waals surface area contributed by atoms with E-state index >= 15 is 0 Å². The molecular weight excluding hydrogens is 1300 g/mol. The fourth-order valence-electron chi connectivity index (χ4n) is 5.91. The Balaban J connectivity index is -0.0000000590. The van der Waals surface area contributed by atoms with Gasteiger partial charge < -0.3 is 24.6 Å². The third kappa shape index (κ3) is 253. The van der Waals surface area contributed by atoms with Crippen molar-refractivity contribution in [2.75, 3.05) is 13.2 Å². The SMILES string of the molecule is C.C.C.C#CC#CC.C#CC#CC#CC#CC.C#CC#CC#CC#CC#C.C#CC#CC#CC#CC#CC.CC(C)=O.CCCC(=O)CCC.CCCC(C)=O.CCCCCC(=O)CC(C)C.CCCCCC(=O)CCC.CCCCCC(=O)CCCCC.CCCCCC(C)=O.CCCCO.CCO. The lowest BCUT2D eigenvalue weighted by Gasteiger charge is -2.02. The summed E-state index contributed by atoms with van der Waals surface area (Å²) >= 11 is 0. The highest BCUT2D eigenvalue weighted by Crippen LogP contribution is 2.08. The molecule has 9 heteroatoms. The third-order valence-electron chi connectivity index (χ3n) is 10.4. The maximum Gasteiger partial charge on any atom is 0.133 e. The van der Waals surface area contributed by atoms with E-state index in [0.717, 1.165) is 135 Å². The van der Waals surface area contributed by atoms with Crippen LogP contribution in [-0.2, 0) is 33.6 Å². The standard InChI is InChI=1S/C11H22O.C11H4.C10H20O.C10H2.C9H18O.C9H4.2C7H14O.C5H10O.C5H4.C4H10O.C3H6O.C2H6O.3CH4/c1-3-5-7-9-11(12)10-8-6-4-2;1-3-5-7-9-11-10-8-6-4-2;1-4-5-6-7-10(11)8-9(2)3;1-3-5-7-9-10-8-6-4-2;1-3-5-6-8-9(10)7-4-2;1-3-5-7-9-8-6-4-2;1-3-4-5-6-7(2)8;1-3-5-7(8)6-4-2;1-3-4-5(2)6;1-3-5-4-2;1-2-3-4-5;1-3(2)4;1-2-3;;;/h3-10H2,1-2H3;1H,2H3;9H,4-8H2,1-3H3;1-2H;3-8H2,1-2H3;1H,2H3;2*3-6H2,1-2H3;3-4H2,1-2H3;1H,2H3;5H,2-4H2,1H3;1-2H3;3H,2H2,1H3;3*1H4. The average molecular weight is 1440 g/mol. The zero-order valence-corrected chi connectivity index (χ0v) is 67.6. The van der Waals surface area contributed by atoms with Crippen molar-refractivity contribution in [1.29, 1.82) is 0 Å². The fourth-order valence-corrected chi connectivity index (χ4v) is 5.91. The number of aliphatic hydroxyl groups is 2. The number of hydrogen-bond acceptors (Lipinski definition) is 9. The van der Waals surface area contributed by atoms with E-state index in [-0.39, 0.29) is 40.5 Å². The highest BCUT2D eigenvalue weighted by atomic mass is 16.3. The van der Waals surface area contributed by atoms with Gasteiger partial charge in [0.2, 0.25) is 0 Å². The molecule has 0 saturated carbocycles. The van der Waals surface area contributed by atoms with Crippen molar-refractivity contribution in [3.05, 3.63) is 0 Å². The molecule has 0 amide bonds. The van der Waals surface area contributed by atoms with E-state index in [4.69, 9.17) is 42.3 Å². The van der Waals surface area contributed by atoms with Crippen molar-refractivity contribution >= 4 is 40.5 Å². The third-order valence-corrected chi connectivity index (χ3v) is 10.4. The van der Waals surface area contributed by atoms with Gasteiger partial charge in [0, 0.05) is 77.4 Å². The second-order valence-electron chi connectivity index (χ2n) is 21.6. The molecule has 0 rings (SSSR count). The monoisotopic (exact) mass is 1440 g/mol. The normalized spacial score (nSPS) is 7.07. The molecule has 0 atom stereocenters. The van der Waals surface area contributed by atoms with Crippen molar-refractivity contribution in [2.24, 2.45) is 5.92 Å². The zero-order valence-electron chi connectivity index (χ0n) is 67.6. The number of hydrogen-bond donors (Lipinski definition) is 2. The van der Waals surface area contributed by atoms with Crippen LogP contribution < -0.4 is 0 Å². The van der Waals surface area contributed by atoms with Crippen LogP contribution in [0.25, 0.3) is 0 Å². The molecule has 0 saturated heterocycles. The number of unbranched alkanes of at least 4 members (excludes halogenated alkanes) is 11. The Labute approximate surface area is 651 Å². The van der Waals surface area contributed by atoms with Crippen LogP contribution in [-0.4, -0.2) is 63.9 Å². The van der Waals surface area contributed by atoms with Gasteiger partial charge in [0.05, 0.1) is 0 Å². The summed E-state index contributed by atoms with van der Waals surface area (Å²) in [6.07, 6.45) is 55.3. The van der Waals surface area contributed by atoms with Crippen LogP contribution in [0, 0.1) is 198 Å². The second-order valence-corrected chi connectivity index (χ2v) is 21.6. The van der Waals surface area contributed by atoms with E-state index in [2.05, 4.69) is 222 Å². The van der Waals surface area contributed by atoms with Gasteiger partial charge in [-0.2, -0.15) is 0 Å². The minimum absolute atomic E-state index is 0. The number of carbonyl (C=O) groups excluding carboxylic acids is 7. The largest absolute Gasteiger partial charge is 0.397 e. The van der Waals surface area contributed by atoms with Crippen molar-refractivity contribution in [3.63, 3.8) is 0 Å². The number of ketones is 7. The molecule has 0 heterocycles. The summed E-state index contributed by atoms with van der Waals surface area (Å²) in [5, 5.41) is 15.6. The van der Waals surface area contributed by atoms with Crippen LogP contribution in [0.1, 0.15) is 360 Å². The highest BCUT2D eigenvalue weighted by molar-refractivity contribution is 5.79. The molecule has 0 aliphatic heterocycles. The van der Waals surface area contributed by atoms with E-state index in [1.54, 1.807) is 41.5 Å². The van der Waals surface area contributed by atoms with Gasteiger partial charge in [-0.25, -0.2) is 0 Å². The second kappa shape index (κ2) is 149. The van der Waals surface area contributed by atoms with Crippen molar-refractivity contribution < 1.29 is 43.8 Å². The molecule has 105 heavy (non-hydrogen) atoms. The quantitative estimate of drug-likeness (QED) is 0.0494. The van der Waals surface area contributed by atoms with Gasteiger partial charge in [0.1, 0.15) is 40.5 Å². The molecule has 0 bridgehead atoms. The molecule has 2 N–H and O–H groups in total. The molecule has 0 aromatic carbocycles. The Morgan fingerprint density at radius 2 is 0.476 bits per heavy atom. The Bertz CT molecular complexity index is 2930. The first-order chi connectivity index (χ1) is 48.8. The number of terminal acetylenes is 5. The van der Waals surface area contributed by atoms with Crippen molar-refractivity contribution in [1.82, 2.24) is 0 Å². The summed E-state index contributed by atoms with van der Waals surface area (Å²) in [5.74, 6) is 67.4. The molecule has 0 fully saturated rings. The Kier molecular flexibility index (Phi) is 191. The Hall–Kier alpha value is -9.43. The molecule has 0 spiro atoms. The number of carbonyl (C=O) groups is 7. The van der Waals surface area contributed by atoms with Gasteiger partial charge in [0.25, 0.3) is 0 Å². The van der Waals surface area contributed by atoms with Gasteiger partial charge in [-0.3, -0.25) is 19.2 Å². The lowest BCUT2D eigenvalue weighted by atomic mass is 10.0. The smallest absolute Gasteiger partial charge is 0.133 e. The van der Waals surface area contributed by atoms with Crippen molar-refractivity contribution in [3.8, 4) is 192 Å². The highest BCUT2D eigenvalue weighted by Gasteiger charge is 2.04. The van der Waals surface area contributed by atoms with Crippen LogP contribution in [0.3, 0.4) is 0 Å². The van der Waals surface area contributed by atoms with E-state index in [1.165, 1.54) is 78.1 Å². The van der Waals surface area contributed by atoms with Crippen molar-refractivity contribution in [2.45, 2.75) is 360 Å². The molecule has 0 aromatic rings. The van der Waals surface area contributed by atoms with Gasteiger partial charge >= 0.3 is 0 Å². The summed E-state index contributed by atoms with van der Waals surface area (Å²) in [6, 6.07) is 0. The fraction of sp³-hybridized carbons (Fsp3) is 0.594. The topological polar surface area (TPSA) is 160 Å². The molecular formula is C96H146O9. The summed E-state index contributed by atoms with van der Waals surface area (Å²) in [7, 11) is 0. The first-order valence-corrected chi connectivity index (χ1v) is 36.1. The molecule has 0 radical (unpaired) electrons. The van der Waals surface area contributed by atoms with Gasteiger partial charge in [-0.1, -0.05) is 194 Å². The number of Topliss-reactive ketones (excluding diaryl/α,β-unsaturated/α-hetero) is 7. The van der Waals surface area contributed by atoms with Gasteiger partial charge in [0.15, 0.2) is 0 Å². The van der Waals surface area contributed by atoms with E-state index < -0.39 is 0 Å². The first kappa shape index (κ1) is 135. The van der Waals surface area contributed by atoms with E-state index in [9.17, 15) is 33.6 Å². The summed E-state index contributed by atoms with van der Waals surface area (Å²) in [4.78, 5) is 73.7. The van der Waals surface area contributed by atoms with E-state index in [0.29, 0.717) is 41.4 Å². The van der Waals surface area contributed by atoms with Gasteiger partial charge in [-0.05, 0) is 268 Å². The Morgan fingerprint density at radius 3 is 0.638 bits per heavy atom. The zero-order chi connectivity index (χ0) is 81.0. The van der Waals surface area contributed by atoms with Crippen LogP contribution >= 0.6 is 0 Å². The summed E-state index contributed by atoms with van der Waals surface area (Å²) in [5.41, 5.74) is 0. The average Bonchev–Trinajstić information content (AvgIpc) is 2.06. The molecule has 0 unspecified atom stereocenters. The lowest BCUT2D eigenvalue weighted by molar-refractivity contribution is -0.120. The van der Waals surface area contributed by atoms with Crippen LogP contribution in [0.5, 0.6) is 0 Å². The molecule has 9 nitrogen and oxygen atoms in total. The minimum Gasteiger partial charge on any atom is -0.397 e. The molecule has 0 aliphatic rings. The maximum absolute atomic E-state index is 11.2. The maximum atomic E-state index is 11.2. The molecule has 0 aromatic heterocycles. The number of rotatable bonds is 32. The van der Waals surface area contributed by atoms with Crippen LogP contribution in [0.15, 0.2) is 0 Å². The predicted octanol–water partition coefficient (Wildman–Crippen LogP) is 21.0. The molecule has 0 aliphatic carbocycles. The minimum atomic E-state index is 0. The Morgan fingerprint density at radius 1 is 0.276 bits per heavy atom. The lowest BCUT2D eigenvalue weighted by Crippen LogP contribution is -2.01. The first-order valence-electron chi connectivity index (χ1n) is 36.1. The number of aliphatic hydroxyl groups excluding tert-OH is 2. The van der Waals surface area contributed by atoms with E-state index in [1.807, 2.05) is 20.8 Å². The van der Waals surface area contributed by atoms with Crippen LogP contribution in [0.4, 0.5) is 0 Å². The van der Waals surface area contributed by atoms with Crippen LogP contribution in [0.2, 0.25) is 0 Å². The summed E-state index contributed by atoms with van der Waals surface area (Å²) in [6.45, 7) is 38.9.